The van der Waals surface area contributed by atoms with Crippen molar-refractivity contribution in [3.63, 3.8) is 0 Å². The van der Waals surface area contributed by atoms with Crippen LogP contribution in [0, 0.1) is 5.92 Å². The first-order valence-electron chi connectivity index (χ1n) is 5.37. The number of alkyl halides is 3. The van der Waals surface area contributed by atoms with E-state index in [1.54, 1.807) is 0 Å². The van der Waals surface area contributed by atoms with Crippen LogP contribution in [0.25, 0.3) is 0 Å². The standard InChI is InChI=1S/C10H18F3NO/c1-2-8-7-14-6-5-9(8,15)3-4-10(11,12)13/h8,14-15H,2-7H2,1H3. The molecule has 1 rings (SSSR count). The zero-order valence-electron chi connectivity index (χ0n) is 8.90. The Morgan fingerprint density at radius 2 is 2.13 bits per heavy atom. The molecule has 1 aliphatic heterocycles. The molecular weight excluding hydrogens is 207 g/mol. The molecule has 15 heavy (non-hydrogen) atoms. The van der Waals surface area contributed by atoms with E-state index in [1.807, 2.05) is 6.92 Å². The van der Waals surface area contributed by atoms with Crippen molar-refractivity contribution in [2.75, 3.05) is 13.1 Å². The lowest BCUT2D eigenvalue weighted by atomic mass is 9.77. The first-order chi connectivity index (χ1) is 6.87. The minimum absolute atomic E-state index is 0.0615. The third-order valence-electron chi connectivity index (χ3n) is 3.22. The van der Waals surface area contributed by atoms with Crippen LogP contribution in [0.2, 0.25) is 0 Å². The van der Waals surface area contributed by atoms with Gasteiger partial charge in [0.2, 0.25) is 0 Å². The van der Waals surface area contributed by atoms with Crippen LogP contribution in [-0.4, -0.2) is 30.0 Å². The number of hydrogen-bond acceptors (Lipinski definition) is 2. The van der Waals surface area contributed by atoms with E-state index >= 15 is 0 Å². The first kappa shape index (κ1) is 12.8. The summed E-state index contributed by atoms with van der Waals surface area (Å²) < 4.78 is 36.3. The van der Waals surface area contributed by atoms with E-state index in [-0.39, 0.29) is 12.3 Å². The zero-order chi connectivity index (χ0) is 11.5. The maximum atomic E-state index is 12.1. The van der Waals surface area contributed by atoms with Gasteiger partial charge in [0.05, 0.1) is 5.60 Å². The predicted molar refractivity (Wildman–Crippen MR) is 51.5 cm³/mol. The van der Waals surface area contributed by atoms with Gasteiger partial charge in [0.15, 0.2) is 0 Å². The minimum atomic E-state index is -4.17. The Labute approximate surface area is 87.9 Å². The molecule has 0 bridgehead atoms. The lowest BCUT2D eigenvalue weighted by molar-refractivity contribution is -0.154. The van der Waals surface area contributed by atoms with E-state index in [2.05, 4.69) is 5.32 Å². The normalized spacial score (nSPS) is 33.0. The van der Waals surface area contributed by atoms with Crippen LogP contribution in [0.15, 0.2) is 0 Å². The molecule has 0 saturated carbocycles. The molecule has 0 amide bonds. The van der Waals surface area contributed by atoms with Crippen LogP contribution in [0.4, 0.5) is 13.2 Å². The van der Waals surface area contributed by atoms with E-state index in [9.17, 15) is 18.3 Å². The molecule has 0 spiro atoms. The molecule has 1 fully saturated rings. The van der Waals surface area contributed by atoms with Gasteiger partial charge >= 0.3 is 6.18 Å². The zero-order valence-corrected chi connectivity index (χ0v) is 8.90. The lowest BCUT2D eigenvalue weighted by Crippen LogP contribution is -2.50. The topological polar surface area (TPSA) is 32.3 Å². The Bertz CT molecular complexity index is 207. The summed E-state index contributed by atoms with van der Waals surface area (Å²) in [4.78, 5) is 0. The fraction of sp³-hybridized carbons (Fsp3) is 1.00. The summed E-state index contributed by atoms with van der Waals surface area (Å²) in [6.45, 7) is 3.12. The second kappa shape index (κ2) is 4.70. The highest BCUT2D eigenvalue weighted by Gasteiger charge is 2.40. The Kier molecular flexibility index (Phi) is 4.00. The molecular formula is C10H18F3NO. The number of rotatable bonds is 3. The number of piperidine rings is 1. The Balaban J connectivity index is 2.54. The summed E-state index contributed by atoms with van der Waals surface area (Å²) in [5.74, 6) is -0.0615. The summed E-state index contributed by atoms with van der Waals surface area (Å²) in [5, 5.41) is 13.3. The van der Waals surface area contributed by atoms with Crippen molar-refractivity contribution in [2.24, 2.45) is 5.92 Å². The molecule has 1 saturated heterocycles. The van der Waals surface area contributed by atoms with E-state index in [0.717, 1.165) is 0 Å². The van der Waals surface area contributed by atoms with Gasteiger partial charge in [0.1, 0.15) is 0 Å². The molecule has 1 aliphatic rings. The maximum Gasteiger partial charge on any atom is 0.389 e. The average molecular weight is 225 g/mol. The van der Waals surface area contributed by atoms with Crippen LogP contribution in [0.3, 0.4) is 0 Å². The van der Waals surface area contributed by atoms with Crippen molar-refractivity contribution in [3.05, 3.63) is 0 Å². The molecule has 2 unspecified atom stereocenters. The van der Waals surface area contributed by atoms with E-state index in [4.69, 9.17) is 0 Å². The molecule has 0 aromatic carbocycles. The van der Waals surface area contributed by atoms with Crippen molar-refractivity contribution >= 4 is 0 Å². The van der Waals surface area contributed by atoms with Gasteiger partial charge in [-0.1, -0.05) is 6.92 Å². The molecule has 5 heteroatoms. The van der Waals surface area contributed by atoms with Crippen molar-refractivity contribution in [1.82, 2.24) is 5.32 Å². The average Bonchev–Trinajstić information content (AvgIpc) is 2.15. The molecule has 2 atom stereocenters. The fourth-order valence-corrected chi connectivity index (χ4v) is 2.19. The first-order valence-corrected chi connectivity index (χ1v) is 5.37. The summed E-state index contributed by atoms with van der Waals surface area (Å²) >= 11 is 0. The second-order valence-corrected chi connectivity index (χ2v) is 4.28. The Morgan fingerprint density at radius 3 is 2.67 bits per heavy atom. The summed E-state index contributed by atoms with van der Waals surface area (Å²) in [5.41, 5.74) is -1.13. The van der Waals surface area contributed by atoms with Gasteiger partial charge in [-0.25, -0.2) is 0 Å². The molecule has 90 valence electrons. The number of halogens is 3. The van der Waals surface area contributed by atoms with E-state index in [0.29, 0.717) is 25.9 Å². The quantitative estimate of drug-likeness (QED) is 0.770. The highest BCUT2D eigenvalue weighted by Crippen LogP contribution is 2.35. The van der Waals surface area contributed by atoms with E-state index in [1.165, 1.54) is 0 Å². The highest BCUT2D eigenvalue weighted by atomic mass is 19.4. The van der Waals surface area contributed by atoms with Gasteiger partial charge in [0.25, 0.3) is 0 Å². The van der Waals surface area contributed by atoms with Gasteiger partial charge < -0.3 is 10.4 Å². The maximum absolute atomic E-state index is 12.1. The molecule has 0 aromatic rings. The van der Waals surface area contributed by atoms with Gasteiger partial charge in [-0.15, -0.1) is 0 Å². The SMILES string of the molecule is CCC1CNCCC1(O)CCC(F)(F)F. The molecule has 1 heterocycles. The molecule has 0 aromatic heterocycles. The third-order valence-corrected chi connectivity index (χ3v) is 3.22. The lowest BCUT2D eigenvalue weighted by Gasteiger charge is -2.40. The number of nitrogens with one attached hydrogen (secondary N) is 1. The monoisotopic (exact) mass is 225 g/mol. The van der Waals surface area contributed by atoms with Gasteiger partial charge in [-0.05, 0) is 31.7 Å². The Morgan fingerprint density at radius 1 is 1.47 bits per heavy atom. The summed E-state index contributed by atoms with van der Waals surface area (Å²) in [7, 11) is 0. The van der Waals surface area contributed by atoms with Crippen molar-refractivity contribution in [1.29, 1.82) is 0 Å². The van der Waals surface area contributed by atoms with Crippen molar-refractivity contribution in [2.45, 2.75) is 44.4 Å². The number of hydrogen-bond donors (Lipinski definition) is 2. The third kappa shape index (κ3) is 3.65. The fourth-order valence-electron chi connectivity index (χ4n) is 2.19. The Hall–Kier alpha value is -0.290. The molecule has 2 N–H and O–H groups in total. The van der Waals surface area contributed by atoms with Crippen molar-refractivity contribution in [3.8, 4) is 0 Å². The smallest absolute Gasteiger partial charge is 0.389 e. The van der Waals surface area contributed by atoms with Crippen molar-refractivity contribution < 1.29 is 18.3 Å². The predicted octanol–water partition coefficient (Wildman–Crippen LogP) is 2.08. The van der Waals surface area contributed by atoms with Crippen LogP contribution < -0.4 is 5.32 Å². The van der Waals surface area contributed by atoms with Crippen LogP contribution in [0.5, 0.6) is 0 Å². The van der Waals surface area contributed by atoms with E-state index < -0.39 is 18.2 Å². The minimum Gasteiger partial charge on any atom is -0.389 e. The number of aliphatic hydroxyl groups is 1. The van der Waals surface area contributed by atoms with Gasteiger partial charge in [0, 0.05) is 13.0 Å². The second-order valence-electron chi connectivity index (χ2n) is 4.28. The molecule has 0 radical (unpaired) electrons. The van der Waals surface area contributed by atoms with Gasteiger partial charge in [-0.2, -0.15) is 13.2 Å². The molecule has 2 nitrogen and oxygen atoms in total. The van der Waals surface area contributed by atoms with Crippen LogP contribution in [-0.2, 0) is 0 Å². The summed E-state index contributed by atoms with van der Waals surface area (Å²) in [6, 6.07) is 0. The van der Waals surface area contributed by atoms with Crippen LogP contribution in [0.1, 0.15) is 32.6 Å². The molecule has 0 aliphatic carbocycles. The largest absolute Gasteiger partial charge is 0.389 e. The summed E-state index contributed by atoms with van der Waals surface area (Å²) in [6.07, 6.45) is -4.10. The highest BCUT2D eigenvalue weighted by molar-refractivity contribution is 4.91. The van der Waals surface area contributed by atoms with Gasteiger partial charge in [-0.3, -0.25) is 0 Å². The van der Waals surface area contributed by atoms with Crippen LogP contribution >= 0.6 is 0 Å².